The maximum Gasteiger partial charge on any atom is 0.249 e. The summed E-state index contributed by atoms with van der Waals surface area (Å²) in [6.45, 7) is 0. The molecule has 4 atom stereocenters. The molecule has 2 aliphatic heterocycles. The Labute approximate surface area is 97.5 Å². The van der Waals surface area contributed by atoms with Gasteiger partial charge in [0.15, 0.2) is 0 Å². The molecule has 0 aromatic rings. The topological polar surface area (TPSA) is 82.9 Å². The Hall–Kier alpha value is -1.72. The molecule has 0 saturated heterocycles. The molecule has 17 heavy (non-hydrogen) atoms. The van der Waals surface area contributed by atoms with Crippen molar-refractivity contribution in [3.63, 3.8) is 0 Å². The molecule has 2 aliphatic carbocycles. The number of carbonyl (C=O) groups is 2. The predicted octanol–water partition coefficient (Wildman–Crippen LogP) is -0.380. The SMILES string of the molecule is O=C1NN=C2C3CC4=NNC(=O)C4C(C3)CC12. The van der Waals surface area contributed by atoms with E-state index in [0.29, 0.717) is 5.92 Å². The average Bonchev–Trinajstić information content (AvgIpc) is 2.85. The Balaban J connectivity index is 1.73. The van der Waals surface area contributed by atoms with E-state index in [1.807, 2.05) is 0 Å². The summed E-state index contributed by atoms with van der Waals surface area (Å²) in [6, 6.07) is 0. The molecule has 88 valence electrons. The highest BCUT2D eigenvalue weighted by Crippen LogP contribution is 2.45. The van der Waals surface area contributed by atoms with Crippen LogP contribution in [0.3, 0.4) is 0 Å². The first kappa shape index (κ1) is 9.32. The molecule has 2 saturated carbocycles. The fraction of sp³-hybridized carbons (Fsp3) is 0.636. The fourth-order valence-electron chi connectivity index (χ4n) is 3.69. The predicted molar refractivity (Wildman–Crippen MR) is 59.0 cm³/mol. The fourth-order valence-corrected chi connectivity index (χ4v) is 3.69. The van der Waals surface area contributed by atoms with E-state index in [9.17, 15) is 9.59 Å². The van der Waals surface area contributed by atoms with E-state index in [4.69, 9.17) is 0 Å². The van der Waals surface area contributed by atoms with Crippen LogP contribution >= 0.6 is 0 Å². The van der Waals surface area contributed by atoms with E-state index in [1.165, 1.54) is 0 Å². The molecule has 2 N–H and O–H groups in total. The molecule has 0 spiro atoms. The lowest BCUT2D eigenvalue weighted by atomic mass is 9.62. The highest BCUT2D eigenvalue weighted by molar-refractivity contribution is 6.15. The van der Waals surface area contributed by atoms with Crippen molar-refractivity contribution in [2.45, 2.75) is 19.3 Å². The first-order chi connectivity index (χ1) is 8.24. The summed E-state index contributed by atoms with van der Waals surface area (Å²) in [4.78, 5) is 23.4. The van der Waals surface area contributed by atoms with E-state index in [1.54, 1.807) is 0 Å². The number of nitrogens with one attached hydrogen (secondary N) is 2. The molecule has 6 nitrogen and oxygen atoms in total. The Morgan fingerprint density at radius 3 is 2.76 bits per heavy atom. The van der Waals surface area contributed by atoms with Crippen molar-refractivity contribution in [2.24, 2.45) is 33.9 Å². The van der Waals surface area contributed by atoms with E-state index >= 15 is 0 Å². The molecule has 4 rings (SSSR count). The molecule has 4 aliphatic rings. The van der Waals surface area contributed by atoms with Gasteiger partial charge in [0.1, 0.15) is 0 Å². The molecule has 6 heteroatoms. The number of nitrogens with zero attached hydrogens (tertiary/aromatic N) is 2. The lowest BCUT2D eigenvalue weighted by molar-refractivity contribution is -0.126. The lowest BCUT2D eigenvalue weighted by Crippen LogP contribution is -2.46. The first-order valence-electron chi connectivity index (χ1n) is 5.97. The summed E-state index contributed by atoms with van der Waals surface area (Å²) in [5.74, 6) is 0.342. The maximum atomic E-state index is 11.7. The van der Waals surface area contributed by atoms with E-state index < -0.39 is 0 Å². The second kappa shape index (κ2) is 2.94. The number of hydrazone groups is 2. The molecule has 4 unspecified atom stereocenters. The smallest absolute Gasteiger partial charge is 0.249 e. The van der Waals surface area contributed by atoms with Crippen molar-refractivity contribution in [1.29, 1.82) is 0 Å². The first-order valence-corrected chi connectivity index (χ1v) is 5.97. The lowest BCUT2D eigenvalue weighted by Gasteiger charge is -2.39. The standard InChI is InChI=1S/C11H12N4O2/c16-10-6-2-4-1-5(9(6)13-14-10)3-7-8(4)11(17)15-12-7/h4-6,8H,1-3H2,(H,14,16)(H,15,17). The van der Waals surface area contributed by atoms with Crippen LogP contribution in [-0.2, 0) is 9.59 Å². The van der Waals surface area contributed by atoms with Gasteiger partial charge in [-0.1, -0.05) is 0 Å². The van der Waals surface area contributed by atoms with Crippen LogP contribution in [0.25, 0.3) is 0 Å². The minimum absolute atomic E-state index is 0.00208. The molecule has 2 heterocycles. The van der Waals surface area contributed by atoms with Crippen molar-refractivity contribution in [1.82, 2.24) is 10.9 Å². The van der Waals surface area contributed by atoms with Crippen molar-refractivity contribution < 1.29 is 9.59 Å². The van der Waals surface area contributed by atoms with E-state index in [0.717, 1.165) is 30.7 Å². The van der Waals surface area contributed by atoms with Crippen LogP contribution in [0.2, 0.25) is 0 Å². The van der Waals surface area contributed by atoms with E-state index in [2.05, 4.69) is 21.1 Å². The Bertz CT molecular complexity index is 496. The largest absolute Gasteiger partial charge is 0.272 e. The third-order valence-electron chi connectivity index (χ3n) is 4.39. The highest BCUT2D eigenvalue weighted by Gasteiger charge is 2.51. The maximum absolute atomic E-state index is 11.7. The van der Waals surface area contributed by atoms with Gasteiger partial charge in [0, 0.05) is 5.92 Å². The zero-order chi connectivity index (χ0) is 11.6. The van der Waals surface area contributed by atoms with Crippen LogP contribution in [-0.4, -0.2) is 23.2 Å². The summed E-state index contributed by atoms with van der Waals surface area (Å²) in [5, 5.41) is 8.26. The van der Waals surface area contributed by atoms with Crippen LogP contribution in [0, 0.1) is 23.7 Å². The van der Waals surface area contributed by atoms with Gasteiger partial charge in [-0.2, -0.15) is 10.2 Å². The Morgan fingerprint density at radius 2 is 1.88 bits per heavy atom. The average molecular weight is 232 g/mol. The van der Waals surface area contributed by atoms with Crippen LogP contribution in [0.5, 0.6) is 0 Å². The highest BCUT2D eigenvalue weighted by atomic mass is 16.2. The molecule has 2 amide bonds. The van der Waals surface area contributed by atoms with Gasteiger partial charge in [0.2, 0.25) is 11.8 Å². The third-order valence-corrected chi connectivity index (χ3v) is 4.39. The van der Waals surface area contributed by atoms with Crippen molar-refractivity contribution in [2.75, 3.05) is 0 Å². The van der Waals surface area contributed by atoms with Gasteiger partial charge < -0.3 is 0 Å². The van der Waals surface area contributed by atoms with Crippen molar-refractivity contribution >= 4 is 23.2 Å². The van der Waals surface area contributed by atoms with Gasteiger partial charge in [-0.3, -0.25) is 9.59 Å². The van der Waals surface area contributed by atoms with Gasteiger partial charge in [-0.15, -0.1) is 0 Å². The van der Waals surface area contributed by atoms with Gasteiger partial charge in [-0.25, -0.2) is 10.9 Å². The van der Waals surface area contributed by atoms with Gasteiger partial charge in [-0.05, 0) is 25.2 Å². The van der Waals surface area contributed by atoms with Crippen molar-refractivity contribution in [3.05, 3.63) is 0 Å². The molecule has 2 bridgehead atoms. The second-order valence-electron chi connectivity index (χ2n) is 5.25. The molecular weight excluding hydrogens is 220 g/mol. The van der Waals surface area contributed by atoms with Crippen molar-refractivity contribution in [3.8, 4) is 0 Å². The minimum atomic E-state index is -0.103. The number of hydrogen-bond acceptors (Lipinski definition) is 4. The molecule has 2 fully saturated rings. The zero-order valence-electron chi connectivity index (χ0n) is 9.14. The molecular formula is C11H12N4O2. The van der Waals surface area contributed by atoms with Crippen LogP contribution in [0.4, 0.5) is 0 Å². The van der Waals surface area contributed by atoms with Crippen LogP contribution in [0.15, 0.2) is 10.2 Å². The second-order valence-corrected chi connectivity index (χ2v) is 5.25. The minimum Gasteiger partial charge on any atom is -0.272 e. The summed E-state index contributed by atoms with van der Waals surface area (Å²) in [7, 11) is 0. The summed E-state index contributed by atoms with van der Waals surface area (Å²) < 4.78 is 0. The number of amides is 2. The molecule has 0 radical (unpaired) electrons. The monoisotopic (exact) mass is 232 g/mol. The normalized spacial score (nSPS) is 42.1. The molecule has 0 aromatic heterocycles. The summed E-state index contributed by atoms with van der Waals surface area (Å²) >= 11 is 0. The van der Waals surface area contributed by atoms with Gasteiger partial charge >= 0.3 is 0 Å². The Morgan fingerprint density at radius 1 is 1.06 bits per heavy atom. The van der Waals surface area contributed by atoms with Crippen LogP contribution in [0.1, 0.15) is 19.3 Å². The number of fused-ring (bicyclic) bond motifs is 6. The Kier molecular flexibility index (Phi) is 1.61. The van der Waals surface area contributed by atoms with Gasteiger partial charge in [0.25, 0.3) is 0 Å². The van der Waals surface area contributed by atoms with E-state index in [-0.39, 0.29) is 29.6 Å². The number of rotatable bonds is 0. The van der Waals surface area contributed by atoms with Crippen LogP contribution < -0.4 is 10.9 Å². The number of hydrogen-bond donors (Lipinski definition) is 2. The molecule has 0 aromatic carbocycles. The summed E-state index contributed by atoms with van der Waals surface area (Å²) in [6.07, 6.45) is 2.46. The van der Waals surface area contributed by atoms with Gasteiger partial charge in [0.05, 0.1) is 23.3 Å². The number of carbonyl (C=O) groups excluding carboxylic acids is 2. The quantitative estimate of drug-likeness (QED) is 0.596. The zero-order valence-corrected chi connectivity index (χ0v) is 9.14. The third kappa shape index (κ3) is 1.10. The summed E-state index contributed by atoms with van der Waals surface area (Å²) in [5.41, 5.74) is 7.05.